The molecule has 0 saturated carbocycles. The van der Waals surface area contributed by atoms with Crippen LogP contribution in [0.2, 0.25) is 0 Å². The molecule has 1 aromatic heterocycles. The van der Waals surface area contributed by atoms with Gasteiger partial charge in [-0.05, 0) is 24.6 Å². The number of para-hydroxylation sites is 1. The van der Waals surface area contributed by atoms with Crippen molar-refractivity contribution in [3.8, 4) is 0 Å². The molecule has 1 heterocycles. The first kappa shape index (κ1) is 12.5. The lowest BCUT2D eigenvalue weighted by Gasteiger charge is -2.07. The van der Waals surface area contributed by atoms with Gasteiger partial charge in [-0.2, -0.15) is 0 Å². The average molecular weight is 264 g/mol. The van der Waals surface area contributed by atoms with E-state index >= 15 is 0 Å². The number of pyridine rings is 1. The summed E-state index contributed by atoms with van der Waals surface area (Å²) in [4.78, 5) is 14.9. The zero-order valence-electron chi connectivity index (χ0n) is 11.3. The van der Waals surface area contributed by atoms with Gasteiger partial charge in [-0.25, -0.2) is 0 Å². The van der Waals surface area contributed by atoms with Crippen LogP contribution >= 0.6 is 0 Å². The Morgan fingerprint density at radius 2 is 1.80 bits per heavy atom. The summed E-state index contributed by atoms with van der Waals surface area (Å²) >= 11 is 0. The Kier molecular flexibility index (Phi) is 3.25. The van der Waals surface area contributed by atoms with Crippen LogP contribution in [0.5, 0.6) is 0 Å². The van der Waals surface area contributed by atoms with E-state index in [0.717, 1.165) is 16.5 Å². The number of aromatic amines is 1. The van der Waals surface area contributed by atoms with Gasteiger partial charge < -0.3 is 10.3 Å². The molecule has 0 aliphatic heterocycles. The van der Waals surface area contributed by atoms with Gasteiger partial charge in [-0.3, -0.25) is 4.79 Å². The van der Waals surface area contributed by atoms with Crippen molar-refractivity contribution in [1.82, 2.24) is 4.98 Å². The molecule has 100 valence electrons. The van der Waals surface area contributed by atoms with Crippen LogP contribution in [-0.4, -0.2) is 4.98 Å². The molecule has 20 heavy (non-hydrogen) atoms. The molecule has 3 rings (SSSR count). The van der Waals surface area contributed by atoms with Crippen molar-refractivity contribution < 1.29 is 0 Å². The van der Waals surface area contributed by atoms with Crippen molar-refractivity contribution in [1.29, 1.82) is 0 Å². The van der Waals surface area contributed by atoms with Gasteiger partial charge in [0.1, 0.15) is 5.69 Å². The lowest BCUT2D eigenvalue weighted by atomic mass is 10.1. The third kappa shape index (κ3) is 2.57. The number of aromatic nitrogens is 1. The van der Waals surface area contributed by atoms with E-state index in [1.54, 1.807) is 0 Å². The minimum absolute atomic E-state index is 0.0872. The number of benzene rings is 2. The summed E-state index contributed by atoms with van der Waals surface area (Å²) in [7, 11) is 0. The normalized spacial score (nSPS) is 10.7. The lowest BCUT2D eigenvalue weighted by Crippen LogP contribution is -2.13. The number of hydrogen-bond acceptors (Lipinski definition) is 2. The molecular weight excluding hydrogens is 248 g/mol. The minimum Gasteiger partial charge on any atom is -0.376 e. The van der Waals surface area contributed by atoms with Gasteiger partial charge in [-0.15, -0.1) is 0 Å². The smallest absolute Gasteiger partial charge is 0.271 e. The summed E-state index contributed by atoms with van der Waals surface area (Å²) in [5.74, 6) is 0. The van der Waals surface area contributed by atoms with E-state index in [1.807, 2.05) is 30.3 Å². The van der Waals surface area contributed by atoms with E-state index in [1.165, 1.54) is 5.56 Å². The first-order chi connectivity index (χ1) is 9.72. The van der Waals surface area contributed by atoms with E-state index < -0.39 is 0 Å². The Hall–Kier alpha value is -2.55. The van der Waals surface area contributed by atoms with Crippen molar-refractivity contribution >= 4 is 16.6 Å². The summed E-state index contributed by atoms with van der Waals surface area (Å²) in [6.07, 6.45) is 0. The first-order valence-electron chi connectivity index (χ1n) is 6.64. The summed E-state index contributed by atoms with van der Waals surface area (Å²) in [5.41, 5.74) is 3.76. The first-order valence-corrected chi connectivity index (χ1v) is 6.64. The molecule has 0 radical (unpaired) electrons. The van der Waals surface area contributed by atoms with Crippen LogP contribution in [0, 0.1) is 6.92 Å². The van der Waals surface area contributed by atoms with Crippen LogP contribution in [0.15, 0.2) is 59.4 Å². The largest absolute Gasteiger partial charge is 0.376 e. The van der Waals surface area contributed by atoms with E-state index in [2.05, 4.69) is 41.5 Å². The maximum absolute atomic E-state index is 12.0. The molecule has 0 amide bonds. The number of rotatable bonds is 3. The number of fused-ring (bicyclic) bond motifs is 1. The second kappa shape index (κ2) is 5.21. The van der Waals surface area contributed by atoms with Crippen molar-refractivity contribution in [2.45, 2.75) is 13.5 Å². The van der Waals surface area contributed by atoms with Crippen molar-refractivity contribution in [2.24, 2.45) is 0 Å². The zero-order chi connectivity index (χ0) is 13.9. The Labute approximate surface area is 117 Å². The van der Waals surface area contributed by atoms with E-state index in [0.29, 0.717) is 12.2 Å². The predicted molar refractivity (Wildman–Crippen MR) is 83.1 cm³/mol. The second-order valence-electron chi connectivity index (χ2n) is 4.94. The van der Waals surface area contributed by atoms with Crippen LogP contribution in [0.3, 0.4) is 0 Å². The van der Waals surface area contributed by atoms with E-state index in [9.17, 15) is 4.79 Å². The summed E-state index contributed by atoms with van der Waals surface area (Å²) < 4.78 is 0. The third-order valence-corrected chi connectivity index (χ3v) is 3.36. The second-order valence-corrected chi connectivity index (χ2v) is 4.94. The fourth-order valence-electron chi connectivity index (χ4n) is 2.18. The molecule has 0 bridgehead atoms. The molecule has 0 unspecified atom stereocenters. The highest BCUT2D eigenvalue weighted by atomic mass is 16.1. The van der Waals surface area contributed by atoms with Crippen LogP contribution in [-0.2, 0) is 6.54 Å². The summed E-state index contributed by atoms with van der Waals surface area (Å²) in [6, 6.07) is 17.9. The molecule has 3 aromatic rings. The highest BCUT2D eigenvalue weighted by molar-refractivity contribution is 5.81. The molecule has 0 aliphatic rings. The number of aryl methyl sites for hydroxylation is 1. The highest BCUT2D eigenvalue weighted by Gasteiger charge is 2.02. The predicted octanol–water partition coefficient (Wildman–Crippen LogP) is 3.45. The topological polar surface area (TPSA) is 44.9 Å². The SMILES string of the molecule is Cc1ccc(CNc2cc3ccccc3[nH]c2=O)cc1. The minimum atomic E-state index is -0.0872. The zero-order valence-corrected chi connectivity index (χ0v) is 11.3. The highest BCUT2D eigenvalue weighted by Crippen LogP contribution is 2.13. The average Bonchev–Trinajstić information content (AvgIpc) is 2.47. The van der Waals surface area contributed by atoms with Crippen LogP contribution in [0.1, 0.15) is 11.1 Å². The van der Waals surface area contributed by atoms with Crippen LogP contribution in [0.25, 0.3) is 10.9 Å². The van der Waals surface area contributed by atoms with Crippen LogP contribution < -0.4 is 10.9 Å². The van der Waals surface area contributed by atoms with Gasteiger partial charge >= 0.3 is 0 Å². The molecule has 2 N–H and O–H groups in total. The monoisotopic (exact) mass is 264 g/mol. The molecule has 0 fully saturated rings. The quantitative estimate of drug-likeness (QED) is 0.761. The number of nitrogens with one attached hydrogen (secondary N) is 2. The van der Waals surface area contributed by atoms with E-state index in [4.69, 9.17) is 0 Å². The Morgan fingerprint density at radius 3 is 2.60 bits per heavy atom. The molecule has 3 nitrogen and oxygen atoms in total. The molecule has 3 heteroatoms. The molecular formula is C17H16N2O. The fraction of sp³-hybridized carbons (Fsp3) is 0.118. The summed E-state index contributed by atoms with van der Waals surface area (Å²) in [6.45, 7) is 2.70. The van der Waals surface area contributed by atoms with Crippen molar-refractivity contribution in [3.63, 3.8) is 0 Å². The molecule has 0 saturated heterocycles. The Morgan fingerprint density at radius 1 is 1.05 bits per heavy atom. The van der Waals surface area contributed by atoms with Gasteiger partial charge in [0.25, 0.3) is 5.56 Å². The number of anilines is 1. The molecule has 0 spiro atoms. The van der Waals surface area contributed by atoms with Gasteiger partial charge in [-0.1, -0.05) is 48.0 Å². The fourth-order valence-corrected chi connectivity index (χ4v) is 2.18. The molecule has 0 aliphatic carbocycles. The van der Waals surface area contributed by atoms with Gasteiger partial charge in [0.05, 0.1) is 0 Å². The molecule has 0 atom stereocenters. The van der Waals surface area contributed by atoms with Crippen molar-refractivity contribution in [2.75, 3.05) is 5.32 Å². The van der Waals surface area contributed by atoms with Crippen LogP contribution in [0.4, 0.5) is 5.69 Å². The summed E-state index contributed by atoms with van der Waals surface area (Å²) in [5, 5.41) is 4.22. The van der Waals surface area contributed by atoms with E-state index in [-0.39, 0.29) is 5.56 Å². The Bertz CT molecular complexity index is 788. The third-order valence-electron chi connectivity index (χ3n) is 3.36. The number of H-pyrrole nitrogens is 1. The maximum atomic E-state index is 12.0. The number of hydrogen-bond donors (Lipinski definition) is 2. The standard InChI is InChI=1S/C17H16N2O/c1-12-6-8-13(9-7-12)11-18-16-10-14-4-2-3-5-15(14)19-17(16)20/h2-10,18H,11H2,1H3,(H,19,20). The van der Waals surface area contributed by atoms with Gasteiger partial charge in [0, 0.05) is 17.4 Å². The van der Waals surface area contributed by atoms with Gasteiger partial charge in [0.15, 0.2) is 0 Å². The van der Waals surface area contributed by atoms with Crippen molar-refractivity contribution in [3.05, 3.63) is 76.1 Å². The lowest BCUT2D eigenvalue weighted by molar-refractivity contribution is 1.12. The Balaban J connectivity index is 1.85. The molecule has 2 aromatic carbocycles. The maximum Gasteiger partial charge on any atom is 0.271 e. The van der Waals surface area contributed by atoms with Gasteiger partial charge in [0.2, 0.25) is 0 Å².